The van der Waals surface area contributed by atoms with E-state index in [1.807, 2.05) is 22.9 Å². The van der Waals surface area contributed by atoms with Gasteiger partial charge in [0.25, 0.3) is 0 Å². The molecule has 0 aliphatic carbocycles. The Labute approximate surface area is 127 Å². The zero-order chi connectivity index (χ0) is 14.8. The van der Waals surface area contributed by atoms with Crippen LogP contribution in [-0.4, -0.2) is 19.1 Å². The maximum absolute atomic E-state index is 9.21. The first-order chi connectivity index (χ1) is 10.2. The third kappa shape index (κ3) is 2.39. The molecule has 0 saturated heterocycles. The smallest absolute Gasteiger partial charge is 0.125 e. The molecular formula is C15H14ClN5. The molecule has 1 unspecified atom stereocenters. The monoisotopic (exact) mass is 299 g/mol. The molecule has 0 radical (unpaired) electrons. The number of imidazole rings is 2. The minimum Gasteiger partial charge on any atom is -0.335 e. The van der Waals surface area contributed by atoms with E-state index in [4.69, 9.17) is 11.6 Å². The van der Waals surface area contributed by atoms with E-state index in [1.54, 1.807) is 18.6 Å². The average molecular weight is 300 g/mol. The second-order valence-electron chi connectivity index (χ2n) is 4.93. The zero-order valence-corrected chi connectivity index (χ0v) is 12.3. The Bertz CT molecular complexity index is 797. The van der Waals surface area contributed by atoms with Gasteiger partial charge >= 0.3 is 0 Å². The van der Waals surface area contributed by atoms with Crippen LogP contribution in [0.2, 0.25) is 0 Å². The van der Waals surface area contributed by atoms with Gasteiger partial charge in [0.2, 0.25) is 0 Å². The van der Waals surface area contributed by atoms with Crippen LogP contribution in [0.4, 0.5) is 0 Å². The van der Waals surface area contributed by atoms with Gasteiger partial charge in [0.05, 0.1) is 29.3 Å². The fraction of sp³-hybridized carbons (Fsp3) is 0.267. The van der Waals surface area contributed by atoms with E-state index in [9.17, 15) is 5.26 Å². The molecule has 0 N–H and O–H groups in total. The van der Waals surface area contributed by atoms with E-state index in [2.05, 4.69) is 27.5 Å². The highest BCUT2D eigenvalue weighted by Gasteiger charge is 2.17. The van der Waals surface area contributed by atoms with Crippen LogP contribution in [0.5, 0.6) is 0 Å². The van der Waals surface area contributed by atoms with Gasteiger partial charge in [-0.15, -0.1) is 11.6 Å². The summed E-state index contributed by atoms with van der Waals surface area (Å²) in [6, 6.07) is 7.97. The Balaban J connectivity index is 2.10. The van der Waals surface area contributed by atoms with E-state index in [1.165, 1.54) is 0 Å². The average Bonchev–Trinajstić information content (AvgIpc) is 3.12. The maximum Gasteiger partial charge on any atom is 0.125 e. The highest BCUT2D eigenvalue weighted by atomic mass is 35.5. The van der Waals surface area contributed by atoms with Crippen LogP contribution < -0.4 is 0 Å². The number of aromatic nitrogens is 4. The molecule has 0 spiro atoms. The number of nitrogens with zero attached hydrogens (tertiary/aromatic N) is 5. The van der Waals surface area contributed by atoms with Crippen molar-refractivity contribution in [3.63, 3.8) is 0 Å². The summed E-state index contributed by atoms with van der Waals surface area (Å²) in [5, 5.41) is 9.21. The number of hydrogen-bond donors (Lipinski definition) is 0. The third-order valence-corrected chi connectivity index (χ3v) is 3.75. The first kappa shape index (κ1) is 13.7. The quantitative estimate of drug-likeness (QED) is 0.696. The van der Waals surface area contributed by atoms with Gasteiger partial charge in [-0.2, -0.15) is 5.26 Å². The van der Waals surface area contributed by atoms with Gasteiger partial charge in [-0.25, -0.2) is 9.97 Å². The Kier molecular flexibility index (Phi) is 3.63. The van der Waals surface area contributed by atoms with Gasteiger partial charge in [0.1, 0.15) is 17.4 Å². The van der Waals surface area contributed by atoms with Gasteiger partial charge in [0.15, 0.2) is 0 Å². The topological polar surface area (TPSA) is 59.4 Å². The lowest BCUT2D eigenvalue weighted by molar-refractivity contribution is 0.464. The van der Waals surface area contributed by atoms with Crippen LogP contribution in [0.3, 0.4) is 0 Å². The van der Waals surface area contributed by atoms with Crippen LogP contribution >= 0.6 is 11.6 Å². The van der Waals surface area contributed by atoms with Crippen molar-refractivity contribution in [2.45, 2.75) is 25.4 Å². The molecule has 106 valence electrons. The van der Waals surface area contributed by atoms with Crippen molar-refractivity contribution in [1.82, 2.24) is 19.1 Å². The number of rotatable bonds is 4. The van der Waals surface area contributed by atoms with Crippen LogP contribution in [0.25, 0.3) is 11.0 Å². The molecular weight excluding hydrogens is 286 g/mol. The van der Waals surface area contributed by atoms with Crippen molar-refractivity contribution in [3.8, 4) is 6.07 Å². The van der Waals surface area contributed by atoms with Crippen LogP contribution in [-0.2, 0) is 12.4 Å². The zero-order valence-electron chi connectivity index (χ0n) is 11.6. The number of hydrogen-bond acceptors (Lipinski definition) is 3. The Morgan fingerprint density at radius 3 is 2.95 bits per heavy atom. The molecule has 1 atom stereocenters. The fourth-order valence-corrected chi connectivity index (χ4v) is 2.81. The van der Waals surface area contributed by atoms with Gasteiger partial charge < -0.3 is 9.13 Å². The predicted molar refractivity (Wildman–Crippen MR) is 80.9 cm³/mol. The van der Waals surface area contributed by atoms with Crippen molar-refractivity contribution in [3.05, 3.63) is 48.3 Å². The highest BCUT2D eigenvalue weighted by Crippen LogP contribution is 2.25. The number of benzene rings is 1. The lowest BCUT2D eigenvalue weighted by atomic mass is 10.2. The van der Waals surface area contributed by atoms with E-state index in [0.29, 0.717) is 17.0 Å². The van der Waals surface area contributed by atoms with Gasteiger partial charge in [-0.05, 0) is 19.1 Å². The van der Waals surface area contributed by atoms with Crippen LogP contribution in [0.1, 0.15) is 24.4 Å². The summed E-state index contributed by atoms with van der Waals surface area (Å²) in [5.74, 6) is 1.09. The summed E-state index contributed by atoms with van der Waals surface area (Å²) >= 11 is 6.04. The molecule has 1 aromatic carbocycles. The largest absolute Gasteiger partial charge is 0.335 e. The lowest BCUT2D eigenvalue weighted by Gasteiger charge is -2.17. The second-order valence-corrected chi connectivity index (χ2v) is 5.19. The number of para-hydroxylation sites is 1. The molecule has 0 amide bonds. The number of halogens is 1. The van der Waals surface area contributed by atoms with Crippen LogP contribution in [0, 0.1) is 11.3 Å². The summed E-state index contributed by atoms with van der Waals surface area (Å²) in [6.45, 7) is 2.88. The Hall–Kier alpha value is -2.32. The molecule has 0 aliphatic heterocycles. The summed E-state index contributed by atoms with van der Waals surface area (Å²) < 4.78 is 4.12. The van der Waals surface area contributed by atoms with Crippen molar-refractivity contribution in [1.29, 1.82) is 5.26 Å². The molecule has 2 aromatic heterocycles. The molecule has 3 rings (SSSR count). The van der Waals surface area contributed by atoms with Gasteiger partial charge in [-0.3, -0.25) is 0 Å². The SMILES string of the molecule is CC(Cn1ccnc1)n1c(CCl)nc2c(C#N)cccc21. The fourth-order valence-electron chi connectivity index (χ4n) is 2.62. The molecule has 0 bridgehead atoms. The highest BCUT2D eigenvalue weighted by molar-refractivity contribution is 6.16. The second kappa shape index (κ2) is 5.58. The van der Waals surface area contributed by atoms with Gasteiger partial charge in [-0.1, -0.05) is 6.07 Å². The van der Waals surface area contributed by atoms with E-state index >= 15 is 0 Å². The number of nitriles is 1. The summed E-state index contributed by atoms with van der Waals surface area (Å²) in [5.41, 5.74) is 2.23. The minimum atomic E-state index is 0.159. The van der Waals surface area contributed by atoms with Crippen molar-refractivity contribution >= 4 is 22.6 Å². The normalized spacial score (nSPS) is 12.4. The molecule has 3 aromatic rings. The Morgan fingerprint density at radius 2 is 2.29 bits per heavy atom. The standard InChI is InChI=1S/C15H14ClN5/c1-11(9-20-6-5-18-10-20)21-13-4-2-3-12(8-17)15(13)19-14(21)7-16/h2-6,10-11H,7,9H2,1H3. The summed E-state index contributed by atoms with van der Waals surface area (Å²) in [7, 11) is 0. The molecule has 0 saturated carbocycles. The molecule has 5 nitrogen and oxygen atoms in total. The van der Waals surface area contributed by atoms with Crippen molar-refractivity contribution in [2.24, 2.45) is 0 Å². The molecule has 6 heteroatoms. The predicted octanol–water partition coefficient (Wildman–Crippen LogP) is 3.10. The number of alkyl halides is 1. The summed E-state index contributed by atoms with van der Waals surface area (Å²) in [4.78, 5) is 8.59. The third-order valence-electron chi connectivity index (χ3n) is 3.51. The summed E-state index contributed by atoms with van der Waals surface area (Å²) in [6.07, 6.45) is 5.47. The van der Waals surface area contributed by atoms with E-state index in [0.717, 1.165) is 17.9 Å². The molecule has 2 heterocycles. The first-order valence-electron chi connectivity index (χ1n) is 6.66. The Morgan fingerprint density at radius 1 is 1.43 bits per heavy atom. The molecule has 0 fully saturated rings. The van der Waals surface area contributed by atoms with Gasteiger partial charge in [0, 0.05) is 18.9 Å². The number of fused-ring (bicyclic) bond motifs is 1. The molecule has 21 heavy (non-hydrogen) atoms. The van der Waals surface area contributed by atoms with E-state index < -0.39 is 0 Å². The van der Waals surface area contributed by atoms with Crippen molar-refractivity contribution < 1.29 is 0 Å². The van der Waals surface area contributed by atoms with Crippen molar-refractivity contribution in [2.75, 3.05) is 0 Å². The molecule has 0 aliphatic rings. The maximum atomic E-state index is 9.21. The van der Waals surface area contributed by atoms with Crippen LogP contribution in [0.15, 0.2) is 36.9 Å². The lowest BCUT2D eigenvalue weighted by Crippen LogP contribution is -2.14. The van der Waals surface area contributed by atoms with E-state index in [-0.39, 0.29) is 6.04 Å². The minimum absolute atomic E-state index is 0.159. The first-order valence-corrected chi connectivity index (χ1v) is 7.19.